The molecule has 1 aliphatic carbocycles. The van der Waals surface area contributed by atoms with Crippen LogP contribution in [0.4, 0.5) is 0 Å². The molecule has 2 amide bonds. The van der Waals surface area contributed by atoms with E-state index in [0.29, 0.717) is 5.92 Å². The maximum atomic E-state index is 12.4. The van der Waals surface area contributed by atoms with Crippen LogP contribution in [0.25, 0.3) is 0 Å². The van der Waals surface area contributed by atoms with Crippen LogP contribution in [0.15, 0.2) is 30.3 Å². The van der Waals surface area contributed by atoms with Crippen LogP contribution in [0.5, 0.6) is 0 Å². The Bertz CT molecular complexity index is 530. The third kappa shape index (κ3) is 4.33. The number of hydrogen-bond donors (Lipinski definition) is 2. The summed E-state index contributed by atoms with van der Waals surface area (Å²) < 4.78 is 0. The van der Waals surface area contributed by atoms with Crippen LogP contribution in [0.2, 0.25) is 0 Å². The second-order valence-corrected chi connectivity index (χ2v) is 7.18. The van der Waals surface area contributed by atoms with E-state index in [1.165, 1.54) is 0 Å². The summed E-state index contributed by atoms with van der Waals surface area (Å²) in [5, 5.41) is 5.88. The Balaban J connectivity index is 1.98. The number of rotatable bonds is 5. The predicted molar refractivity (Wildman–Crippen MR) is 87.1 cm³/mol. The molecule has 1 aromatic rings. The molecule has 4 heteroatoms. The molecule has 0 saturated heterocycles. The molecule has 2 unspecified atom stereocenters. The van der Waals surface area contributed by atoms with Crippen LogP contribution in [-0.2, 0) is 9.59 Å². The SMILES string of the molecule is CC(NC(=O)C(C)(C)C)C(=O)NC(c1ccccc1)C1CC1. The minimum absolute atomic E-state index is 0.0442. The van der Waals surface area contributed by atoms with E-state index >= 15 is 0 Å². The smallest absolute Gasteiger partial charge is 0.242 e. The van der Waals surface area contributed by atoms with Gasteiger partial charge in [0, 0.05) is 5.41 Å². The van der Waals surface area contributed by atoms with Gasteiger partial charge in [-0.15, -0.1) is 0 Å². The van der Waals surface area contributed by atoms with Gasteiger partial charge in [0.25, 0.3) is 0 Å². The summed E-state index contributed by atoms with van der Waals surface area (Å²) in [5.74, 6) is 0.271. The van der Waals surface area contributed by atoms with Crippen molar-refractivity contribution in [3.05, 3.63) is 35.9 Å². The van der Waals surface area contributed by atoms with Gasteiger partial charge in [-0.3, -0.25) is 9.59 Å². The fourth-order valence-corrected chi connectivity index (χ4v) is 2.32. The normalized spacial score (nSPS) is 17.5. The van der Waals surface area contributed by atoms with E-state index in [2.05, 4.69) is 10.6 Å². The summed E-state index contributed by atoms with van der Waals surface area (Å²) in [6.45, 7) is 7.24. The first-order valence-corrected chi connectivity index (χ1v) is 7.95. The Morgan fingerprint density at radius 2 is 1.68 bits per heavy atom. The lowest BCUT2D eigenvalue weighted by molar-refractivity contribution is -0.133. The fraction of sp³-hybridized carbons (Fsp3) is 0.556. The Hall–Kier alpha value is -1.84. The van der Waals surface area contributed by atoms with Crippen molar-refractivity contribution in [1.29, 1.82) is 0 Å². The van der Waals surface area contributed by atoms with Crippen molar-refractivity contribution in [2.75, 3.05) is 0 Å². The Morgan fingerprint density at radius 1 is 1.09 bits per heavy atom. The van der Waals surface area contributed by atoms with Gasteiger partial charge in [0.2, 0.25) is 11.8 Å². The van der Waals surface area contributed by atoms with Crippen molar-refractivity contribution < 1.29 is 9.59 Å². The van der Waals surface area contributed by atoms with Crippen molar-refractivity contribution in [2.45, 2.75) is 52.6 Å². The van der Waals surface area contributed by atoms with Crippen LogP contribution in [0.1, 0.15) is 52.1 Å². The monoisotopic (exact) mass is 302 g/mol. The van der Waals surface area contributed by atoms with E-state index in [4.69, 9.17) is 0 Å². The molecule has 0 aliphatic heterocycles. The zero-order valence-electron chi connectivity index (χ0n) is 13.8. The molecule has 4 nitrogen and oxygen atoms in total. The Morgan fingerprint density at radius 3 is 2.18 bits per heavy atom. The summed E-state index contributed by atoms with van der Waals surface area (Å²) in [6.07, 6.45) is 2.28. The Labute approximate surface area is 132 Å². The van der Waals surface area contributed by atoms with Crippen molar-refractivity contribution in [3.8, 4) is 0 Å². The number of amides is 2. The van der Waals surface area contributed by atoms with Gasteiger partial charge in [-0.1, -0.05) is 51.1 Å². The fourth-order valence-electron chi connectivity index (χ4n) is 2.32. The molecule has 1 aromatic carbocycles. The average molecular weight is 302 g/mol. The summed E-state index contributed by atoms with van der Waals surface area (Å²) >= 11 is 0. The van der Waals surface area contributed by atoms with E-state index in [9.17, 15) is 9.59 Å². The zero-order chi connectivity index (χ0) is 16.3. The maximum absolute atomic E-state index is 12.4. The lowest BCUT2D eigenvalue weighted by Crippen LogP contribution is -2.49. The summed E-state index contributed by atoms with van der Waals surface area (Å²) in [6, 6.07) is 9.55. The van der Waals surface area contributed by atoms with E-state index in [1.54, 1.807) is 6.92 Å². The van der Waals surface area contributed by atoms with Gasteiger partial charge in [-0.05, 0) is 31.2 Å². The second-order valence-electron chi connectivity index (χ2n) is 7.18. The molecule has 2 rings (SSSR count). The highest BCUT2D eigenvalue weighted by atomic mass is 16.2. The molecule has 0 bridgehead atoms. The number of nitrogens with one attached hydrogen (secondary N) is 2. The number of carbonyl (C=O) groups excluding carboxylic acids is 2. The number of benzene rings is 1. The first-order valence-electron chi connectivity index (χ1n) is 7.95. The maximum Gasteiger partial charge on any atom is 0.242 e. The van der Waals surface area contributed by atoms with Crippen LogP contribution in [0, 0.1) is 11.3 Å². The van der Waals surface area contributed by atoms with Crippen molar-refractivity contribution in [1.82, 2.24) is 10.6 Å². The predicted octanol–water partition coefficient (Wildman–Crippen LogP) is 2.80. The average Bonchev–Trinajstić information content (AvgIpc) is 3.28. The van der Waals surface area contributed by atoms with Crippen molar-refractivity contribution >= 4 is 11.8 Å². The van der Waals surface area contributed by atoms with Crippen LogP contribution in [-0.4, -0.2) is 17.9 Å². The minimum Gasteiger partial charge on any atom is -0.347 e. The molecule has 2 atom stereocenters. The third-order valence-electron chi connectivity index (χ3n) is 3.97. The molecular formula is C18H26N2O2. The number of hydrogen-bond acceptors (Lipinski definition) is 2. The van der Waals surface area contributed by atoms with Gasteiger partial charge in [-0.2, -0.15) is 0 Å². The van der Waals surface area contributed by atoms with Gasteiger partial charge in [0.1, 0.15) is 6.04 Å². The van der Waals surface area contributed by atoms with Crippen molar-refractivity contribution in [2.24, 2.45) is 11.3 Å². The van der Waals surface area contributed by atoms with Gasteiger partial charge < -0.3 is 10.6 Å². The van der Waals surface area contributed by atoms with E-state index in [-0.39, 0.29) is 17.9 Å². The molecule has 1 aliphatic rings. The second kappa shape index (κ2) is 6.51. The van der Waals surface area contributed by atoms with E-state index in [0.717, 1.165) is 18.4 Å². The molecule has 0 radical (unpaired) electrons. The van der Waals surface area contributed by atoms with Gasteiger partial charge in [0.15, 0.2) is 0 Å². The standard InChI is InChI=1S/C18H26N2O2/c1-12(19-17(22)18(2,3)4)16(21)20-15(14-10-11-14)13-8-6-5-7-9-13/h5-9,12,14-15H,10-11H2,1-4H3,(H,19,22)(H,20,21). The largest absolute Gasteiger partial charge is 0.347 e. The summed E-state index contributed by atoms with van der Waals surface area (Å²) in [7, 11) is 0. The molecule has 0 spiro atoms. The first kappa shape index (κ1) is 16.5. The zero-order valence-corrected chi connectivity index (χ0v) is 13.8. The van der Waals surface area contributed by atoms with Crippen LogP contribution >= 0.6 is 0 Å². The highest BCUT2D eigenvalue weighted by Gasteiger charge is 2.34. The van der Waals surface area contributed by atoms with Crippen molar-refractivity contribution in [3.63, 3.8) is 0 Å². The molecule has 0 heterocycles. The minimum atomic E-state index is -0.531. The molecule has 22 heavy (non-hydrogen) atoms. The first-order chi connectivity index (χ1) is 10.3. The molecule has 1 fully saturated rings. The molecule has 2 N–H and O–H groups in total. The number of carbonyl (C=O) groups is 2. The summed E-state index contributed by atoms with van der Waals surface area (Å²) in [4.78, 5) is 24.4. The Kier molecular flexibility index (Phi) is 4.89. The van der Waals surface area contributed by atoms with Gasteiger partial charge in [0.05, 0.1) is 6.04 Å². The molecule has 1 saturated carbocycles. The lowest BCUT2D eigenvalue weighted by atomic mass is 9.95. The summed E-state index contributed by atoms with van der Waals surface area (Å²) in [5.41, 5.74) is 0.636. The van der Waals surface area contributed by atoms with E-state index < -0.39 is 11.5 Å². The molecule has 0 aromatic heterocycles. The van der Waals surface area contributed by atoms with Crippen LogP contribution < -0.4 is 10.6 Å². The lowest BCUT2D eigenvalue weighted by Gasteiger charge is -2.24. The molecular weight excluding hydrogens is 276 g/mol. The highest BCUT2D eigenvalue weighted by Crippen LogP contribution is 2.40. The quantitative estimate of drug-likeness (QED) is 0.878. The highest BCUT2D eigenvalue weighted by molar-refractivity contribution is 5.89. The van der Waals surface area contributed by atoms with Gasteiger partial charge in [-0.25, -0.2) is 0 Å². The van der Waals surface area contributed by atoms with Gasteiger partial charge >= 0.3 is 0 Å². The molecule has 120 valence electrons. The topological polar surface area (TPSA) is 58.2 Å². The van der Waals surface area contributed by atoms with Crippen LogP contribution in [0.3, 0.4) is 0 Å². The van der Waals surface area contributed by atoms with E-state index in [1.807, 2.05) is 51.1 Å². The third-order valence-corrected chi connectivity index (χ3v) is 3.97.